The molecule has 0 aliphatic rings. The van der Waals surface area contributed by atoms with Crippen LogP contribution in [0, 0.1) is 0 Å². The van der Waals surface area contributed by atoms with Gasteiger partial charge in [-0.25, -0.2) is 0 Å². The highest BCUT2D eigenvalue weighted by molar-refractivity contribution is 6.30. The molecule has 1 amide bonds. The summed E-state index contributed by atoms with van der Waals surface area (Å²) in [7, 11) is 0. The third-order valence-electron chi connectivity index (χ3n) is 1.89. The van der Waals surface area contributed by atoms with E-state index >= 15 is 0 Å². The summed E-state index contributed by atoms with van der Waals surface area (Å²) < 4.78 is 0. The normalized spacial score (nSPS) is 11.9. The number of carbonyl (C=O) groups excluding carboxylic acids is 1. The van der Waals surface area contributed by atoms with Crippen molar-refractivity contribution in [3.8, 4) is 0 Å². The van der Waals surface area contributed by atoms with E-state index in [0.29, 0.717) is 5.02 Å². The van der Waals surface area contributed by atoms with Crippen LogP contribution in [0.3, 0.4) is 0 Å². The minimum absolute atomic E-state index is 0.0563. The number of benzene rings is 1. The van der Waals surface area contributed by atoms with Crippen LogP contribution < -0.4 is 5.32 Å². The molecule has 0 aliphatic carbocycles. The zero-order valence-electron chi connectivity index (χ0n) is 7.96. The average Bonchev–Trinajstić information content (AvgIpc) is 2.17. The first kappa shape index (κ1) is 10.8. The molecule has 0 bridgehead atoms. The van der Waals surface area contributed by atoms with Crippen molar-refractivity contribution in [2.24, 2.45) is 0 Å². The molecular formula is C11H12ClNO. The molecule has 3 heteroatoms. The Morgan fingerprint density at radius 1 is 1.64 bits per heavy atom. The van der Waals surface area contributed by atoms with Crippen LogP contribution in [0.25, 0.3) is 0 Å². The van der Waals surface area contributed by atoms with Gasteiger partial charge in [0.2, 0.25) is 5.91 Å². The van der Waals surface area contributed by atoms with Crippen LogP contribution in [0.5, 0.6) is 0 Å². The van der Waals surface area contributed by atoms with Gasteiger partial charge in [-0.05, 0) is 30.7 Å². The molecule has 0 aliphatic heterocycles. The summed E-state index contributed by atoms with van der Waals surface area (Å²) in [5.41, 5.74) is 0.979. The van der Waals surface area contributed by atoms with Gasteiger partial charge in [0.1, 0.15) is 0 Å². The van der Waals surface area contributed by atoms with Crippen LogP contribution in [0.2, 0.25) is 5.02 Å². The molecule has 14 heavy (non-hydrogen) atoms. The van der Waals surface area contributed by atoms with Crippen molar-refractivity contribution in [1.29, 1.82) is 0 Å². The number of amides is 1. The molecule has 2 nitrogen and oxygen atoms in total. The molecule has 1 aromatic carbocycles. The number of rotatable bonds is 3. The topological polar surface area (TPSA) is 29.1 Å². The summed E-state index contributed by atoms with van der Waals surface area (Å²) in [5, 5.41) is 3.43. The lowest BCUT2D eigenvalue weighted by atomic mass is 10.1. The van der Waals surface area contributed by atoms with E-state index in [1.165, 1.54) is 6.08 Å². The van der Waals surface area contributed by atoms with Crippen molar-refractivity contribution >= 4 is 17.5 Å². The highest BCUT2D eigenvalue weighted by atomic mass is 35.5. The molecule has 0 spiro atoms. The van der Waals surface area contributed by atoms with E-state index in [1.807, 2.05) is 25.1 Å². The van der Waals surface area contributed by atoms with Crippen molar-refractivity contribution in [3.63, 3.8) is 0 Å². The maximum absolute atomic E-state index is 11.0. The lowest BCUT2D eigenvalue weighted by molar-refractivity contribution is -0.117. The lowest BCUT2D eigenvalue weighted by Crippen LogP contribution is -2.24. The van der Waals surface area contributed by atoms with Crippen molar-refractivity contribution in [2.45, 2.75) is 13.0 Å². The SMILES string of the molecule is C=CC(=O)N[C@@H](C)c1cccc(Cl)c1. The second-order valence-corrected chi connectivity index (χ2v) is 3.43. The van der Waals surface area contributed by atoms with E-state index in [-0.39, 0.29) is 11.9 Å². The van der Waals surface area contributed by atoms with Gasteiger partial charge in [-0.2, -0.15) is 0 Å². The van der Waals surface area contributed by atoms with Crippen LogP contribution >= 0.6 is 11.6 Å². The van der Waals surface area contributed by atoms with Gasteiger partial charge in [-0.15, -0.1) is 0 Å². The van der Waals surface area contributed by atoms with Crippen LogP contribution in [0.15, 0.2) is 36.9 Å². The molecule has 0 fully saturated rings. The summed E-state index contributed by atoms with van der Waals surface area (Å²) in [5.74, 6) is -0.183. The molecule has 1 rings (SSSR count). The molecule has 74 valence electrons. The van der Waals surface area contributed by atoms with Crippen molar-refractivity contribution in [2.75, 3.05) is 0 Å². The van der Waals surface area contributed by atoms with Crippen molar-refractivity contribution in [1.82, 2.24) is 5.32 Å². The zero-order valence-corrected chi connectivity index (χ0v) is 8.71. The Hall–Kier alpha value is -1.28. The quantitative estimate of drug-likeness (QED) is 0.762. The van der Waals surface area contributed by atoms with Crippen LogP contribution in [0.4, 0.5) is 0 Å². The fourth-order valence-electron chi connectivity index (χ4n) is 1.13. The smallest absolute Gasteiger partial charge is 0.243 e. The van der Waals surface area contributed by atoms with Crippen molar-refractivity contribution in [3.05, 3.63) is 47.5 Å². The van der Waals surface area contributed by atoms with E-state index in [0.717, 1.165) is 5.56 Å². The maximum Gasteiger partial charge on any atom is 0.243 e. The monoisotopic (exact) mass is 209 g/mol. The maximum atomic E-state index is 11.0. The minimum atomic E-state index is -0.183. The fraction of sp³-hybridized carbons (Fsp3) is 0.182. The first-order valence-electron chi connectivity index (χ1n) is 4.32. The average molecular weight is 210 g/mol. The summed E-state index contributed by atoms with van der Waals surface area (Å²) in [6, 6.07) is 7.34. The predicted molar refractivity (Wildman–Crippen MR) is 58.2 cm³/mol. The van der Waals surface area contributed by atoms with Gasteiger partial charge >= 0.3 is 0 Å². The Labute approximate surface area is 88.6 Å². The Morgan fingerprint density at radius 3 is 2.93 bits per heavy atom. The van der Waals surface area contributed by atoms with Gasteiger partial charge in [-0.3, -0.25) is 4.79 Å². The molecule has 0 saturated heterocycles. The summed E-state index contributed by atoms with van der Waals surface area (Å²) in [4.78, 5) is 11.0. The predicted octanol–water partition coefficient (Wildman–Crippen LogP) is 2.70. The van der Waals surface area contributed by atoms with Gasteiger partial charge in [-0.1, -0.05) is 30.3 Å². The van der Waals surface area contributed by atoms with Gasteiger partial charge in [0.25, 0.3) is 0 Å². The van der Waals surface area contributed by atoms with Crippen molar-refractivity contribution < 1.29 is 4.79 Å². The highest BCUT2D eigenvalue weighted by Gasteiger charge is 2.06. The standard InChI is InChI=1S/C11H12ClNO/c1-3-11(14)13-8(2)9-5-4-6-10(12)7-9/h3-8H,1H2,2H3,(H,13,14)/t8-/m0/s1. The second-order valence-electron chi connectivity index (χ2n) is 2.99. The molecule has 0 unspecified atom stereocenters. The largest absolute Gasteiger partial charge is 0.346 e. The van der Waals surface area contributed by atoms with Crippen LogP contribution in [-0.2, 0) is 4.79 Å². The van der Waals surface area contributed by atoms with E-state index in [2.05, 4.69) is 11.9 Å². The van der Waals surface area contributed by atoms with E-state index in [4.69, 9.17) is 11.6 Å². The zero-order chi connectivity index (χ0) is 10.6. The first-order valence-corrected chi connectivity index (χ1v) is 4.69. The minimum Gasteiger partial charge on any atom is -0.346 e. The Morgan fingerprint density at radius 2 is 2.36 bits per heavy atom. The Kier molecular flexibility index (Phi) is 3.72. The third kappa shape index (κ3) is 2.89. The number of nitrogens with one attached hydrogen (secondary N) is 1. The molecule has 1 N–H and O–H groups in total. The van der Waals surface area contributed by atoms with Gasteiger partial charge < -0.3 is 5.32 Å². The van der Waals surface area contributed by atoms with E-state index in [9.17, 15) is 4.79 Å². The van der Waals surface area contributed by atoms with Gasteiger partial charge in [0.05, 0.1) is 6.04 Å². The van der Waals surface area contributed by atoms with Crippen LogP contribution in [0.1, 0.15) is 18.5 Å². The second kappa shape index (κ2) is 4.82. The molecular weight excluding hydrogens is 198 g/mol. The Bertz CT molecular complexity index is 349. The van der Waals surface area contributed by atoms with E-state index in [1.54, 1.807) is 6.07 Å². The number of halogens is 1. The molecule has 1 aromatic rings. The summed E-state index contributed by atoms with van der Waals surface area (Å²) >= 11 is 5.83. The molecule has 0 heterocycles. The molecule has 1 atom stereocenters. The highest BCUT2D eigenvalue weighted by Crippen LogP contribution is 2.16. The molecule has 0 saturated carbocycles. The third-order valence-corrected chi connectivity index (χ3v) is 2.13. The van der Waals surface area contributed by atoms with Gasteiger partial charge in [0.15, 0.2) is 0 Å². The number of carbonyl (C=O) groups is 1. The summed E-state index contributed by atoms with van der Waals surface area (Å²) in [6.45, 7) is 5.28. The fourth-order valence-corrected chi connectivity index (χ4v) is 1.33. The Balaban J connectivity index is 2.74. The lowest BCUT2D eigenvalue weighted by Gasteiger charge is -2.12. The van der Waals surface area contributed by atoms with E-state index < -0.39 is 0 Å². The molecule has 0 aromatic heterocycles. The summed E-state index contributed by atoms with van der Waals surface area (Å²) in [6.07, 6.45) is 1.25. The number of hydrogen-bond acceptors (Lipinski definition) is 1. The van der Waals surface area contributed by atoms with Crippen LogP contribution in [-0.4, -0.2) is 5.91 Å². The van der Waals surface area contributed by atoms with Gasteiger partial charge in [0, 0.05) is 5.02 Å². The first-order chi connectivity index (χ1) is 6.63. The number of hydrogen-bond donors (Lipinski definition) is 1. The molecule has 0 radical (unpaired) electrons.